The molecule has 0 spiro atoms. The lowest BCUT2D eigenvalue weighted by Gasteiger charge is -2.16. The summed E-state index contributed by atoms with van der Waals surface area (Å²) in [4.78, 5) is 2.13. The highest BCUT2D eigenvalue weighted by Crippen LogP contribution is 2.37. The summed E-state index contributed by atoms with van der Waals surface area (Å²) in [5.41, 5.74) is 6.76. The molecule has 0 aliphatic rings. The zero-order valence-electron chi connectivity index (χ0n) is 10.9. The Kier molecular flexibility index (Phi) is 4.27. The summed E-state index contributed by atoms with van der Waals surface area (Å²) in [6.45, 7) is 3.88. The minimum Gasteiger partial charge on any atom is -0.320 e. The van der Waals surface area contributed by atoms with Crippen LogP contribution in [-0.2, 0) is 6.18 Å². The van der Waals surface area contributed by atoms with E-state index in [1.807, 2.05) is 19.9 Å². The van der Waals surface area contributed by atoms with Crippen molar-refractivity contribution in [2.45, 2.75) is 26.1 Å². The molecule has 108 valence electrons. The Bertz CT molecular complexity index is 634. The zero-order chi connectivity index (χ0) is 15.1. The van der Waals surface area contributed by atoms with E-state index >= 15 is 0 Å². The normalized spacial score (nSPS) is 13.6. The lowest BCUT2D eigenvalue weighted by Crippen LogP contribution is -2.14. The van der Waals surface area contributed by atoms with Gasteiger partial charge in [-0.25, -0.2) is 0 Å². The number of rotatable bonds is 2. The third-order valence-corrected chi connectivity index (χ3v) is 4.74. The molecular weight excluding hydrogens is 351 g/mol. The molecule has 1 nitrogen and oxygen atoms in total. The van der Waals surface area contributed by atoms with Crippen molar-refractivity contribution < 1.29 is 13.2 Å². The molecule has 0 aliphatic heterocycles. The summed E-state index contributed by atoms with van der Waals surface area (Å²) in [7, 11) is 0. The monoisotopic (exact) mass is 363 g/mol. The van der Waals surface area contributed by atoms with Crippen molar-refractivity contribution in [3.8, 4) is 0 Å². The topological polar surface area (TPSA) is 26.0 Å². The number of thiophene rings is 1. The van der Waals surface area contributed by atoms with E-state index in [9.17, 15) is 13.2 Å². The number of nitrogens with two attached hydrogens (primary N) is 1. The van der Waals surface area contributed by atoms with Crippen molar-refractivity contribution in [1.82, 2.24) is 0 Å². The first kappa shape index (κ1) is 15.5. The molecule has 0 amide bonds. The highest BCUT2D eigenvalue weighted by molar-refractivity contribution is 9.10. The molecule has 2 aromatic rings. The van der Waals surface area contributed by atoms with Gasteiger partial charge in [0.1, 0.15) is 0 Å². The fourth-order valence-electron chi connectivity index (χ4n) is 2.09. The van der Waals surface area contributed by atoms with Gasteiger partial charge < -0.3 is 5.73 Å². The number of hydrogen-bond donors (Lipinski definition) is 1. The third kappa shape index (κ3) is 3.07. The maximum absolute atomic E-state index is 12.9. The summed E-state index contributed by atoms with van der Waals surface area (Å²) in [5, 5.41) is 0. The van der Waals surface area contributed by atoms with Crippen LogP contribution in [0.4, 0.5) is 13.2 Å². The second kappa shape index (κ2) is 5.50. The Morgan fingerprint density at radius 3 is 2.35 bits per heavy atom. The number of aryl methyl sites for hydroxylation is 2. The summed E-state index contributed by atoms with van der Waals surface area (Å²) in [6.07, 6.45) is -4.39. The summed E-state index contributed by atoms with van der Waals surface area (Å²) in [5.74, 6) is 0. The van der Waals surface area contributed by atoms with Crippen LogP contribution < -0.4 is 5.73 Å². The molecule has 20 heavy (non-hydrogen) atoms. The van der Waals surface area contributed by atoms with E-state index in [1.54, 1.807) is 17.4 Å². The zero-order valence-corrected chi connectivity index (χ0v) is 13.3. The molecular formula is C14H13BrF3NS. The van der Waals surface area contributed by atoms with E-state index in [2.05, 4.69) is 15.9 Å². The standard InChI is InChI=1S/C14H13BrF3NS/c1-7-5-10(8(2)20-7)13(19)9-3-4-12(15)11(6-9)14(16,17)18/h3-6,13H,19H2,1-2H3. The molecule has 1 atom stereocenters. The fourth-order valence-corrected chi connectivity index (χ4v) is 3.54. The molecule has 1 unspecified atom stereocenters. The number of alkyl halides is 3. The quantitative estimate of drug-likeness (QED) is 0.779. The van der Waals surface area contributed by atoms with Crippen LogP contribution in [0, 0.1) is 13.8 Å². The Morgan fingerprint density at radius 1 is 1.20 bits per heavy atom. The van der Waals surface area contributed by atoms with Crippen LogP contribution in [0.3, 0.4) is 0 Å². The first-order valence-electron chi connectivity index (χ1n) is 5.89. The van der Waals surface area contributed by atoms with E-state index in [0.29, 0.717) is 5.56 Å². The van der Waals surface area contributed by atoms with Crippen LogP contribution in [-0.4, -0.2) is 0 Å². The molecule has 0 bridgehead atoms. The van der Waals surface area contributed by atoms with Crippen LogP contribution in [0.15, 0.2) is 28.7 Å². The minimum absolute atomic E-state index is 0.0270. The van der Waals surface area contributed by atoms with Gasteiger partial charge in [0.2, 0.25) is 0 Å². The van der Waals surface area contributed by atoms with Gasteiger partial charge in [-0.2, -0.15) is 13.2 Å². The van der Waals surface area contributed by atoms with E-state index in [1.165, 1.54) is 6.07 Å². The Morgan fingerprint density at radius 2 is 1.85 bits per heavy atom. The fraction of sp³-hybridized carbons (Fsp3) is 0.286. The van der Waals surface area contributed by atoms with Gasteiger partial charge in [0, 0.05) is 14.2 Å². The molecule has 0 fully saturated rings. The predicted molar refractivity (Wildman–Crippen MR) is 79.0 cm³/mol. The average Bonchev–Trinajstić information content (AvgIpc) is 2.66. The second-order valence-corrected chi connectivity index (χ2v) is 6.90. The van der Waals surface area contributed by atoms with Crippen molar-refractivity contribution in [2.24, 2.45) is 5.73 Å². The predicted octanol–water partition coefficient (Wildman–Crippen LogP) is 5.19. The van der Waals surface area contributed by atoms with E-state index in [-0.39, 0.29) is 4.47 Å². The molecule has 1 aromatic heterocycles. The van der Waals surface area contributed by atoms with Crippen LogP contribution >= 0.6 is 27.3 Å². The smallest absolute Gasteiger partial charge is 0.320 e. The van der Waals surface area contributed by atoms with Crippen molar-refractivity contribution in [1.29, 1.82) is 0 Å². The molecule has 2 rings (SSSR count). The average molecular weight is 364 g/mol. The largest absolute Gasteiger partial charge is 0.417 e. The summed E-state index contributed by atoms with van der Waals surface area (Å²) >= 11 is 4.53. The van der Waals surface area contributed by atoms with E-state index in [0.717, 1.165) is 21.4 Å². The Balaban J connectivity index is 2.46. The highest BCUT2D eigenvalue weighted by Gasteiger charge is 2.33. The van der Waals surface area contributed by atoms with Gasteiger partial charge in [-0.3, -0.25) is 0 Å². The van der Waals surface area contributed by atoms with Gasteiger partial charge in [-0.1, -0.05) is 22.0 Å². The number of benzene rings is 1. The summed E-state index contributed by atoms with van der Waals surface area (Å²) in [6, 6.07) is 5.51. The van der Waals surface area contributed by atoms with Crippen molar-refractivity contribution in [3.63, 3.8) is 0 Å². The van der Waals surface area contributed by atoms with Gasteiger partial charge in [-0.15, -0.1) is 11.3 Å². The van der Waals surface area contributed by atoms with Crippen molar-refractivity contribution in [3.05, 3.63) is 55.2 Å². The molecule has 6 heteroatoms. The summed E-state index contributed by atoms with van der Waals surface area (Å²) < 4.78 is 38.8. The molecule has 0 aliphatic carbocycles. The first-order valence-corrected chi connectivity index (χ1v) is 7.50. The van der Waals surface area contributed by atoms with Gasteiger partial charge in [0.05, 0.1) is 11.6 Å². The van der Waals surface area contributed by atoms with Gasteiger partial charge in [0.15, 0.2) is 0 Å². The molecule has 1 aromatic carbocycles. The van der Waals surface area contributed by atoms with Crippen molar-refractivity contribution >= 4 is 27.3 Å². The van der Waals surface area contributed by atoms with Gasteiger partial charge in [-0.05, 0) is 43.2 Å². The molecule has 1 heterocycles. The van der Waals surface area contributed by atoms with Crippen LogP contribution in [0.5, 0.6) is 0 Å². The third-order valence-electron chi connectivity index (χ3n) is 3.07. The van der Waals surface area contributed by atoms with Crippen LogP contribution in [0.2, 0.25) is 0 Å². The SMILES string of the molecule is Cc1cc(C(N)c2ccc(Br)c(C(F)(F)F)c2)c(C)s1. The highest BCUT2D eigenvalue weighted by atomic mass is 79.9. The van der Waals surface area contributed by atoms with Crippen LogP contribution in [0.25, 0.3) is 0 Å². The minimum atomic E-state index is -4.39. The van der Waals surface area contributed by atoms with Crippen molar-refractivity contribution in [2.75, 3.05) is 0 Å². The lowest BCUT2D eigenvalue weighted by atomic mass is 9.98. The second-order valence-electron chi connectivity index (χ2n) is 4.58. The first-order chi connectivity index (χ1) is 9.20. The molecule has 0 saturated heterocycles. The van der Waals surface area contributed by atoms with E-state index in [4.69, 9.17) is 5.73 Å². The Labute approximate surface area is 127 Å². The maximum atomic E-state index is 12.9. The Hall–Kier alpha value is -0.850. The van der Waals surface area contributed by atoms with Gasteiger partial charge in [0.25, 0.3) is 0 Å². The van der Waals surface area contributed by atoms with E-state index < -0.39 is 17.8 Å². The molecule has 2 N–H and O–H groups in total. The molecule has 0 radical (unpaired) electrons. The van der Waals surface area contributed by atoms with Gasteiger partial charge >= 0.3 is 6.18 Å². The van der Waals surface area contributed by atoms with Crippen LogP contribution in [0.1, 0.15) is 32.5 Å². The molecule has 0 saturated carbocycles. The lowest BCUT2D eigenvalue weighted by molar-refractivity contribution is -0.138. The number of hydrogen-bond acceptors (Lipinski definition) is 2. The number of halogens is 4. The maximum Gasteiger partial charge on any atom is 0.417 e.